The average molecular weight is 261 g/mol. The number of nitrogens with two attached hydrogens (primary N) is 2. The number of carbonyl (C=O) groups excluding carboxylic acids is 1. The van der Waals surface area contributed by atoms with Crippen molar-refractivity contribution in [1.82, 2.24) is 0 Å². The summed E-state index contributed by atoms with van der Waals surface area (Å²) >= 11 is 0. The van der Waals surface area contributed by atoms with E-state index < -0.39 is 0 Å². The summed E-state index contributed by atoms with van der Waals surface area (Å²) in [7, 11) is 0. The standard InChI is InChI=1S/C15H23N3O/c1-10(2)7-8-18(12-4-5-12)14-9-11(16)3-6-13(14)15(17)19/h3,6,9-10,12H,4-5,7-8,16H2,1-2H3,(H2,17,19). The Morgan fingerprint density at radius 1 is 1.42 bits per heavy atom. The molecule has 2 rings (SSSR count). The lowest BCUT2D eigenvalue weighted by molar-refractivity contribution is 0.100. The molecule has 0 aliphatic heterocycles. The van der Waals surface area contributed by atoms with Gasteiger partial charge in [-0.1, -0.05) is 13.8 Å². The average Bonchev–Trinajstić information content (AvgIpc) is 3.13. The van der Waals surface area contributed by atoms with E-state index in [0.717, 1.165) is 18.7 Å². The van der Waals surface area contributed by atoms with Crippen molar-refractivity contribution >= 4 is 17.3 Å². The molecule has 4 nitrogen and oxygen atoms in total. The van der Waals surface area contributed by atoms with Crippen molar-refractivity contribution in [2.45, 2.75) is 39.2 Å². The van der Waals surface area contributed by atoms with Gasteiger partial charge in [-0.3, -0.25) is 4.79 Å². The third-order valence-corrected chi connectivity index (χ3v) is 3.53. The largest absolute Gasteiger partial charge is 0.399 e. The SMILES string of the molecule is CC(C)CCN(c1cc(N)ccc1C(N)=O)C1CC1. The molecule has 104 valence electrons. The predicted molar refractivity (Wildman–Crippen MR) is 79.2 cm³/mol. The van der Waals surface area contributed by atoms with E-state index in [0.29, 0.717) is 23.2 Å². The van der Waals surface area contributed by atoms with Gasteiger partial charge >= 0.3 is 0 Å². The van der Waals surface area contributed by atoms with E-state index in [1.165, 1.54) is 12.8 Å². The molecule has 0 saturated heterocycles. The van der Waals surface area contributed by atoms with E-state index in [-0.39, 0.29) is 5.91 Å². The van der Waals surface area contributed by atoms with E-state index in [1.54, 1.807) is 12.1 Å². The van der Waals surface area contributed by atoms with E-state index in [2.05, 4.69) is 18.7 Å². The van der Waals surface area contributed by atoms with Crippen LogP contribution in [0.1, 0.15) is 43.5 Å². The first-order valence-electron chi connectivity index (χ1n) is 6.95. The van der Waals surface area contributed by atoms with E-state index in [4.69, 9.17) is 11.5 Å². The first-order chi connectivity index (χ1) is 8.99. The van der Waals surface area contributed by atoms with Crippen molar-refractivity contribution in [3.63, 3.8) is 0 Å². The fourth-order valence-electron chi connectivity index (χ4n) is 2.28. The van der Waals surface area contributed by atoms with Crippen LogP contribution in [-0.4, -0.2) is 18.5 Å². The maximum atomic E-state index is 11.6. The highest BCUT2D eigenvalue weighted by Crippen LogP contribution is 2.35. The molecule has 0 heterocycles. The highest BCUT2D eigenvalue weighted by Gasteiger charge is 2.31. The number of hydrogen-bond acceptors (Lipinski definition) is 3. The molecule has 0 spiro atoms. The Hall–Kier alpha value is -1.71. The molecule has 1 aliphatic rings. The quantitative estimate of drug-likeness (QED) is 0.772. The zero-order valence-corrected chi connectivity index (χ0v) is 11.7. The van der Waals surface area contributed by atoms with Gasteiger partial charge in [-0.2, -0.15) is 0 Å². The zero-order valence-electron chi connectivity index (χ0n) is 11.7. The first kappa shape index (κ1) is 13.7. The summed E-state index contributed by atoms with van der Waals surface area (Å²) in [6.45, 7) is 5.37. The van der Waals surface area contributed by atoms with Crippen molar-refractivity contribution in [2.24, 2.45) is 11.7 Å². The third kappa shape index (κ3) is 3.40. The Morgan fingerprint density at radius 3 is 2.63 bits per heavy atom. The molecule has 0 unspecified atom stereocenters. The van der Waals surface area contributed by atoms with Crippen molar-refractivity contribution in [1.29, 1.82) is 0 Å². The van der Waals surface area contributed by atoms with Crippen LogP contribution in [0.4, 0.5) is 11.4 Å². The molecule has 1 aromatic carbocycles. The Kier molecular flexibility index (Phi) is 3.98. The molecule has 4 heteroatoms. The summed E-state index contributed by atoms with van der Waals surface area (Å²) < 4.78 is 0. The van der Waals surface area contributed by atoms with Gasteiger partial charge < -0.3 is 16.4 Å². The number of nitrogen functional groups attached to an aromatic ring is 1. The van der Waals surface area contributed by atoms with Crippen molar-refractivity contribution < 1.29 is 4.79 Å². The van der Waals surface area contributed by atoms with Crippen LogP contribution in [0, 0.1) is 5.92 Å². The first-order valence-corrected chi connectivity index (χ1v) is 6.95. The smallest absolute Gasteiger partial charge is 0.250 e. The van der Waals surface area contributed by atoms with Crippen LogP contribution in [0.5, 0.6) is 0 Å². The Labute approximate surface area is 114 Å². The van der Waals surface area contributed by atoms with Crippen molar-refractivity contribution in [3.8, 4) is 0 Å². The molecule has 1 aromatic rings. The van der Waals surface area contributed by atoms with Crippen LogP contribution in [0.2, 0.25) is 0 Å². The summed E-state index contributed by atoms with van der Waals surface area (Å²) in [6, 6.07) is 5.88. The Bertz CT molecular complexity index is 466. The molecule has 0 radical (unpaired) electrons. The lowest BCUT2D eigenvalue weighted by Crippen LogP contribution is -2.30. The van der Waals surface area contributed by atoms with Crippen LogP contribution in [0.3, 0.4) is 0 Å². The number of nitrogens with zero attached hydrogens (tertiary/aromatic N) is 1. The maximum Gasteiger partial charge on any atom is 0.250 e. The minimum absolute atomic E-state index is 0.384. The number of hydrogen-bond donors (Lipinski definition) is 2. The second kappa shape index (κ2) is 5.51. The fourth-order valence-corrected chi connectivity index (χ4v) is 2.28. The number of carbonyl (C=O) groups is 1. The van der Waals surface area contributed by atoms with Crippen LogP contribution in [0.15, 0.2) is 18.2 Å². The minimum Gasteiger partial charge on any atom is -0.399 e. The lowest BCUT2D eigenvalue weighted by atomic mass is 10.1. The third-order valence-electron chi connectivity index (χ3n) is 3.53. The normalized spacial score (nSPS) is 14.7. The van der Waals surface area contributed by atoms with Crippen LogP contribution < -0.4 is 16.4 Å². The molecule has 0 atom stereocenters. The molecule has 4 N–H and O–H groups in total. The minimum atomic E-state index is -0.384. The predicted octanol–water partition coefficient (Wildman–Crippen LogP) is 2.38. The Morgan fingerprint density at radius 2 is 2.11 bits per heavy atom. The lowest BCUT2D eigenvalue weighted by Gasteiger charge is -2.27. The summed E-state index contributed by atoms with van der Waals surface area (Å²) in [5.74, 6) is 0.254. The van der Waals surface area contributed by atoms with E-state index in [9.17, 15) is 4.79 Å². The summed E-state index contributed by atoms with van der Waals surface area (Å²) in [4.78, 5) is 13.9. The number of benzene rings is 1. The number of anilines is 2. The van der Waals surface area contributed by atoms with Gasteiger partial charge in [0, 0.05) is 18.3 Å². The maximum absolute atomic E-state index is 11.6. The van der Waals surface area contributed by atoms with Gasteiger partial charge in [0.2, 0.25) is 0 Å². The van der Waals surface area contributed by atoms with Crippen LogP contribution in [0.25, 0.3) is 0 Å². The molecule has 0 bridgehead atoms. The van der Waals surface area contributed by atoms with Gasteiger partial charge in [-0.05, 0) is 43.4 Å². The van der Waals surface area contributed by atoms with Gasteiger partial charge in [-0.25, -0.2) is 0 Å². The van der Waals surface area contributed by atoms with Crippen molar-refractivity contribution in [2.75, 3.05) is 17.2 Å². The molecular weight excluding hydrogens is 238 g/mol. The Balaban J connectivity index is 2.29. The van der Waals surface area contributed by atoms with E-state index in [1.807, 2.05) is 6.07 Å². The highest BCUT2D eigenvalue weighted by atomic mass is 16.1. The summed E-state index contributed by atoms with van der Waals surface area (Å²) in [5, 5.41) is 0. The zero-order chi connectivity index (χ0) is 14.0. The van der Waals surface area contributed by atoms with Gasteiger partial charge in [0.05, 0.1) is 11.3 Å². The fraction of sp³-hybridized carbons (Fsp3) is 0.533. The molecule has 0 aromatic heterocycles. The second-order valence-corrected chi connectivity index (χ2v) is 5.75. The molecule has 19 heavy (non-hydrogen) atoms. The molecule has 1 amide bonds. The van der Waals surface area contributed by atoms with Crippen LogP contribution in [-0.2, 0) is 0 Å². The molecule has 1 saturated carbocycles. The molecular formula is C15H23N3O. The van der Waals surface area contributed by atoms with Crippen LogP contribution >= 0.6 is 0 Å². The number of primary amides is 1. The van der Waals surface area contributed by atoms with Gasteiger partial charge in [0.25, 0.3) is 5.91 Å². The number of rotatable bonds is 6. The topological polar surface area (TPSA) is 72.3 Å². The molecule has 1 aliphatic carbocycles. The monoisotopic (exact) mass is 261 g/mol. The second-order valence-electron chi connectivity index (χ2n) is 5.75. The highest BCUT2D eigenvalue weighted by molar-refractivity contribution is 5.99. The molecule has 1 fully saturated rings. The van der Waals surface area contributed by atoms with Crippen molar-refractivity contribution in [3.05, 3.63) is 23.8 Å². The number of amides is 1. The van der Waals surface area contributed by atoms with E-state index >= 15 is 0 Å². The summed E-state index contributed by atoms with van der Waals surface area (Å²) in [6.07, 6.45) is 3.47. The van der Waals surface area contributed by atoms with Gasteiger partial charge in [0.1, 0.15) is 0 Å². The van der Waals surface area contributed by atoms with Gasteiger partial charge in [0.15, 0.2) is 0 Å². The van der Waals surface area contributed by atoms with Gasteiger partial charge in [-0.15, -0.1) is 0 Å². The summed E-state index contributed by atoms with van der Waals surface area (Å²) in [5.41, 5.74) is 13.5.